The van der Waals surface area contributed by atoms with Gasteiger partial charge in [-0.15, -0.1) is 0 Å². The van der Waals surface area contributed by atoms with Gasteiger partial charge in [0.1, 0.15) is 6.16 Å². The molecule has 0 N–H and O–H groups in total. The molecule has 0 radical (unpaired) electrons. The van der Waals surface area contributed by atoms with Gasteiger partial charge in [0.15, 0.2) is 0 Å². The molecule has 2 rings (SSSR count). The van der Waals surface area contributed by atoms with Crippen molar-refractivity contribution >= 4 is 32.3 Å². The first kappa shape index (κ1) is 23.6. The minimum Gasteiger partial charge on any atom is -0.509 e. The number of hydrogen-bond donors (Lipinski definition) is 0. The summed E-state index contributed by atoms with van der Waals surface area (Å²) >= 11 is 0. The van der Waals surface area contributed by atoms with Crippen molar-refractivity contribution in [2.45, 2.75) is 39.7 Å². The summed E-state index contributed by atoms with van der Waals surface area (Å²) < 4.78 is 29.8. The fourth-order valence-corrected chi connectivity index (χ4v) is 9.42. The largest absolute Gasteiger partial charge is 0.509 e. The molecule has 2 aromatic carbocycles. The van der Waals surface area contributed by atoms with Crippen LogP contribution >= 0.6 is 7.60 Å². The van der Waals surface area contributed by atoms with E-state index < -0.39 is 28.0 Å². The van der Waals surface area contributed by atoms with E-state index in [1.807, 2.05) is 60.7 Å². The molecule has 0 heterocycles. The monoisotopic (exact) mass is 434 g/mol. The predicted molar refractivity (Wildman–Crippen MR) is 119 cm³/mol. The summed E-state index contributed by atoms with van der Waals surface area (Å²) in [5.74, 6) is -0.565. The van der Waals surface area contributed by atoms with E-state index in [-0.39, 0.29) is 18.3 Å². The quantitative estimate of drug-likeness (QED) is 0.434. The third-order valence-electron chi connectivity index (χ3n) is 4.66. The highest BCUT2D eigenvalue weighted by molar-refractivity contribution is 7.54. The maximum atomic E-state index is 13.1. The molecule has 0 amide bonds. The summed E-state index contributed by atoms with van der Waals surface area (Å²) in [7, 11) is -6.59. The van der Waals surface area contributed by atoms with Crippen LogP contribution in [0.3, 0.4) is 0 Å². The van der Waals surface area contributed by atoms with E-state index in [4.69, 9.17) is 13.5 Å². The standard InChI is InChI=1S/C22H31O5PSi/c1-6-25-28(24,26-7-2)18-21(23)27-29(22(3,4)5,19-14-10-8-11-15-19)20-16-12-9-13-17-20/h8-17H,6-7,18H2,1-5H3. The number of rotatable bonds is 9. The van der Waals surface area contributed by atoms with Crippen molar-refractivity contribution in [1.29, 1.82) is 0 Å². The first-order valence-electron chi connectivity index (χ1n) is 9.89. The van der Waals surface area contributed by atoms with Gasteiger partial charge in [-0.2, -0.15) is 0 Å². The van der Waals surface area contributed by atoms with E-state index in [1.54, 1.807) is 13.8 Å². The molecule has 0 saturated heterocycles. The van der Waals surface area contributed by atoms with Crippen molar-refractivity contribution in [3.63, 3.8) is 0 Å². The van der Waals surface area contributed by atoms with Crippen LogP contribution in [0.4, 0.5) is 0 Å². The van der Waals surface area contributed by atoms with Gasteiger partial charge in [-0.25, -0.2) is 0 Å². The molecule has 0 spiro atoms. The second-order valence-corrected chi connectivity index (χ2v) is 14.0. The number of hydrogen-bond acceptors (Lipinski definition) is 5. The summed E-state index contributed by atoms with van der Waals surface area (Å²) in [6.45, 7) is 10.1. The van der Waals surface area contributed by atoms with Crippen LogP contribution in [-0.2, 0) is 22.8 Å². The van der Waals surface area contributed by atoms with Gasteiger partial charge in [0, 0.05) is 0 Å². The highest BCUT2D eigenvalue weighted by Crippen LogP contribution is 2.48. The second-order valence-electron chi connectivity index (χ2n) is 7.74. The first-order chi connectivity index (χ1) is 13.7. The van der Waals surface area contributed by atoms with Crippen LogP contribution in [0.1, 0.15) is 34.6 Å². The van der Waals surface area contributed by atoms with Gasteiger partial charge in [-0.05, 0) is 29.3 Å². The average molecular weight is 435 g/mol. The Bertz CT molecular complexity index is 784. The van der Waals surface area contributed by atoms with Crippen LogP contribution in [0.15, 0.2) is 60.7 Å². The SMILES string of the molecule is CCOP(=O)(CC(=O)O[Si](c1ccccc1)(c1ccccc1)C(C)(C)C)OCC. The molecule has 0 bridgehead atoms. The fourth-order valence-electron chi connectivity index (χ4n) is 3.53. The van der Waals surface area contributed by atoms with Gasteiger partial charge in [0.05, 0.1) is 13.2 Å². The molecule has 0 fully saturated rings. The minimum absolute atomic E-state index is 0.198. The third-order valence-corrected chi connectivity index (χ3v) is 11.5. The van der Waals surface area contributed by atoms with E-state index in [2.05, 4.69) is 20.8 Å². The molecule has 0 aliphatic carbocycles. The van der Waals surface area contributed by atoms with Gasteiger partial charge in [-0.3, -0.25) is 9.36 Å². The smallest absolute Gasteiger partial charge is 0.341 e. The van der Waals surface area contributed by atoms with Crippen LogP contribution in [0.25, 0.3) is 0 Å². The molecule has 2 aromatic rings. The number of carbonyl (C=O) groups is 1. The highest BCUT2D eigenvalue weighted by atomic mass is 31.2. The molecule has 0 atom stereocenters. The van der Waals surface area contributed by atoms with E-state index in [1.165, 1.54) is 0 Å². The van der Waals surface area contributed by atoms with Crippen LogP contribution in [0, 0.1) is 0 Å². The Morgan fingerprint density at radius 3 is 1.62 bits per heavy atom. The fraction of sp³-hybridized carbons (Fsp3) is 0.409. The molecular formula is C22H31O5PSi. The molecule has 0 saturated carbocycles. The zero-order valence-corrected chi connectivity index (χ0v) is 19.8. The molecule has 7 heteroatoms. The lowest BCUT2D eigenvalue weighted by molar-refractivity contribution is -0.132. The number of benzene rings is 2. The Kier molecular flexibility index (Phi) is 8.00. The Hall–Kier alpha value is -1.72. The van der Waals surface area contributed by atoms with E-state index in [0.717, 1.165) is 10.4 Å². The summed E-state index contributed by atoms with van der Waals surface area (Å²) in [5, 5.41) is 1.61. The van der Waals surface area contributed by atoms with Crippen molar-refractivity contribution in [3.8, 4) is 0 Å². The Labute approximate surface area is 175 Å². The average Bonchev–Trinajstić information content (AvgIpc) is 2.66. The molecular weight excluding hydrogens is 403 g/mol. The molecule has 29 heavy (non-hydrogen) atoms. The molecule has 158 valence electrons. The lowest BCUT2D eigenvalue weighted by atomic mass is 10.2. The maximum Gasteiger partial charge on any atom is 0.341 e. The highest BCUT2D eigenvalue weighted by Gasteiger charge is 2.53. The molecule has 0 aromatic heterocycles. The summed E-state index contributed by atoms with van der Waals surface area (Å²) in [6.07, 6.45) is -0.404. The van der Waals surface area contributed by atoms with Crippen LogP contribution in [-0.4, -0.2) is 33.7 Å². The van der Waals surface area contributed by atoms with Gasteiger partial charge in [0.25, 0.3) is 0 Å². The lowest BCUT2D eigenvalue weighted by Crippen LogP contribution is -2.67. The van der Waals surface area contributed by atoms with Gasteiger partial charge < -0.3 is 13.5 Å². The van der Waals surface area contributed by atoms with Crippen LogP contribution < -0.4 is 10.4 Å². The summed E-state index contributed by atoms with van der Waals surface area (Å²) in [5.41, 5.74) is 0. The second kappa shape index (κ2) is 9.85. The summed E-state index contributed by atoms with van der Waals surface area (Å²) in [4.78, 5) is 13.1. The van der Waals surface area contributed by atoms with Gasteiger partial charge in [0.2, 0.25) is 0 Å². The van der Waals surface area contributed by atoms with Crippen molar-refractivity contribution < 1.29 is 22.8 Å². The molecule has 0 aliphatic rings. The van der Waals surface area contributed by atoms with Crippen LogP contribution in [0.5, 0.6) is 0 Å². The normalized spacial score (nSPS) is 12.6. The third kappa shape index (κ3) is 5.46. The molecule has 0 aliphatic heterocycles. The zero-order chi connectivity index (χ0) is 21.5. The maximum absolute atomic E-state index is 13.1. The zero-order valence-electron chi connectivity index (χ0n) is 17.9. The van der Waals surface area contributed by atoms with Crippen LogP contribution in [0.2, 0.25) is 5.04 Å². The number of carbonyl (C=O) groups excluding carboxylic acids is 1. The Balaban J connectivity index is 2.54. The molecule has 5 nitrogen and oxygen atoms in total. The van der Waals surface area contributed by atoms with Crippen molar-refractivity contribution in [2.24, 2.45) is 0 Å². The summed E-state index contributed by atoms with van der Waals surface area (Å²) in [6, 6.07) is 19.7. The lowest BCUT2D eigenvalue weighted by Gasteiger charge is -2.42. The van der Waals surface area contributed by atoms with Crippen molar-refractivity contribution in [1.82, 2.24) is 0 Å². The Morgan fingerprint density at radius 1 is 0.862 bits per heavy atom. The molecule has 0 unspecified atom stereocenters. The van der Waals surface area contributed by atoms with E-state index >= 15 is 0 Å². The minimum atomic E-state index is -3.55. The first-order valence-corrected chi connectivity index (χ1v) is 13.5. The van der Waals surface area contributed by atoms with E-state index in [9.17, 15) is 9.36 Å². The van der Waals surface area contributed by atoms with Gasteiger partial charge >= 0.3 is 21.9 Å². The van der Waals surface area contributed by atoms with Crippen molar-refractivity contribution in [2.75, 3.05) is 19.4 Å². The predicted octanol–water partition coefficient (Wildman–Crippen LogP) is 4.36. The Morgan fingerprint density at radius 2 is 1.28 bits per heavy atom. The van der Waals surface area contributed by atoms with E-state index in [0.29, 0.717) is 0 Å². The van der Waals surface area contributed by atoms with Gasteiger partial charge in [-0.1, -0.05) is 81.4 Å². The van der Waals surface area contributed by atoms with Crippen molar-refractivity contribution in [3.05, 3.63) is 60.7 Å². The topological polar surface area (TPSA) is 61.8 Å².